The Balaban J connectivity index is 2.47. The minimum atomic E-state index is -3.43. The summed E-state index contributed by atoms with van der Waals surface area (Å²) in [6, 6.07) is 0. The molecule has 1 fully saturated rings. The Labute approximate surface area is 129 Å². The third kappa shape index (κ3) is 9.45. The van der Waals surface area contributed by atoms with Crippen molar-refractivity contribution in [2.24, 2.45) is 5.92 Å². The second kappa shape index (κ2) is 9.77. The third-order valence-electron chi connectivity index (χ3n) is 3.67. The van der Waals surface area contributed by atoms with Crippen LogP contribution in [0.4, 0.5) is 0 Å². The monoisotopic (exact) mass is 322 g/mol. The molecule has 0 saturated carbocycles. The maximum Gasteiger partial charge on any atom is 0.264 e. The minimum absolute atomic E-state index is 0.0785. The molecule has 0 aliphatic carbocycles. The molecule has 1 rings (SSSR count). The van der Waals surface area contributed by atoms with Crippen molar-refractivity contribution in [3.8, 4) is 0 Å². The minimum Gasteiger partial charge on any atom is -0.353 e. The Bertz CT molecular complexity index is 362. The Hall–Kier alpha value is -0.170. The van der Waals surface area contributed by atoms with Crippen LogP contribution in [0, 0.1) is 5.92 Å². The highest BCUT2D eigenvalue weighted by Crippen LogP contribution is 2.21. The van der Waals surface area contributed by atoms with Crippen molar-refractivity contribution in [2.75, 3.05) is 19.5 Å². The molecule has 1 saturated heterocycles. The van der Waals surface area contributed by atoms with Crippen LogP contribution in [-0.4, -0.2) is 40.3 Å². The van der Waals surface area contributed by atoms with E-state index in [4.69, 9.17) is 13.7 Å². The lowest BCUT2D eigenvalue weighted by atomic mass is 9.98. The van der Waals surface area contributed by atoms with Crippen LogP contribution >= 0.6 is 0 Å². The summed E-state index contributed by atoms with van der Waals surface area (Å²) >= 11 is 0. The molecule has 0 N–H and O–H groups in total. The van der Waals surface area contributed by atoms with Crippen molar-refractivity contribution >= 4 is 10.1 Å². The number of hydrogen-bond donors (Lipinski definition) is 0. The van der Waals surface area contributed by atoms with E-state index in [9.17, 15) is 8.42 Å². The van der Waals surface area contributed by atoms with Crippen molar-refractivity contribution in [1.82, 2.24) is 0 Å². The summed E-state index contributed by atoms with van der Waals surface area (Å²) in [6.45, 7) is 5.14. The van der Waals surface area contributed by atoms with Crippen molar-refractivity contribution in [1.29, 1.82) is 0 Å². The molecule has 1 heterocycles. The predicted octanol–water partition coefficient (Wildman–Crippen LogP) is 3.09. The fourth-order valence-corrected chi connectivity index (χ4v) is 2.91. The standard InChI is InChI=1S/C15H30O5S/c1-4-5-8-13(2)11-14(12-19-21(3,16)17)20-15-9-6-7-10-18-15/h13-15H,4-12H2,1-3H3/t13-,14+,15?/m0/s1. The summed E-state index contributed by atoms with van der Waals surface area (Å²) in [5.41, 5.74) is 0. The van der Waals surface area contributed by atoms with Gasteiger partial charge >= 0.3 is 0 Å². The summed E-state index contributed by atoms with van der Waals surface area (Å²) in [6.07, 6.45) is 7.94. The largest absolute Gasteiger partial charge is 0.353 e. The van der Waals surface area contributed by atoms with Crippen molar-refractivity contribution in [2.45, 2.75) is 71.2 Å². The average Bonchev–Trinajstić information content (AvgIpc) is 2.43. The van der Waals surface area contributed by atoms with Gasteiger partial charge in [-0.3, -0.25) is 4.18 Å². The second-order valence-corrected chi connectivity index (χ2v) is 7.67. The van der Waals surface area contributed by atoms with Gasteiger partial charge in [-0.2, -0.15) is 8.42 Å². The lowest BCUT2D eigenvalue weighted by Gasteiger charge is -2.29. The van der Waals surface area contributed by atoms with Gasteiger partial charge < -0.3 is 9.47 Å². The zero-order valence-corrected chi connectivity index (χ0v) is 14.4. The lowest BCUT2D eigenvalue weighted by molar-refractivity contribution is -0.196. The van der Waals surface area contributed by atoms with Crippen LogP contribution in [0.5, 0.6) is 0 Å². The predicted molar refractivity (Wildman–Crippen MR) is 82.6 cm³/mol. The molecule has 1 aliphatic rings. The van der Waals surface area contributed by atoms with Gasteiger partial charge in [0.2, 0.25) is 0 Å². The highest BCUT2D eigenvalue weighted by atomic mass is 32.2. The van der Waals surface area contributed by atoms with Gasteiger partial charge in [0.05, 0.1) is 19.0 Å². The molecule has 3 atom stereocenters. The van der Waals surface area contributed by atoms with Gasteiger partial charge in [0.1, 0.15) is 0 Å². The number of unbranched alkanes of at least 4 members (excludes halogenated alkanes) is 1. The van der Waals surface area contributed by atoms with Crippen LogP contribution < -0.4 is 0 Å². The molecule has 0 amide bonds. The van der Waals surface area contributed by atoms with Gasteiger partial charge in [-0.25, -0.2) is 0 Å². The smallest absolute Gasteiger partial charge is 0.264 e. The van der Waals surface area contributed by atoms with Crippen LogP contribution in [0.3, 0.4) is 0 Å². The molecule has 0 aromatic carbocycles. The molecule has 0 radical (unpaired) electrons. The van der Waals surface area contributed by atoms with E-state index in [1.54, 1.807) is 0 Å². The van der Waals surface area contributed by atoms with E-state index >= 15 is 0 Å². The molecule has 1 unspecified atom stereocenters. The van der Waals surface area contributed by atoms with E-state index in [0.717, 1.165) is 45.0 Å². The van der Waals surface area contributed by atoms with E-state index in [-0.39, 0.29) is 19.0 Å². The molecule has 0 aromatic heterocycles. The van der Waals surface area contributed by atoms with Crippen LogP contribution in [0.1, 0.15) is 58.8 Å². The van der Waals surface area contributed by atoms with Gasteiger partial charge in [0.25, 0.3) is 10.1 Å². The molecule has 0 bridgehead atoms. The van der Waals surface area contributed by atoms with E-state index in [0.29, 0.717) is 5.92 Å². The van der Waals surface area contributed by atoms with Crippen molar-refractivity contribution in [3.05, 3.63) is 0 Å². The first-order chi connectivity index (χ1) is 9.90. The first-order valence-electron chi connectivity index (χ1n) is 8.02. The maximum absolute atomic E-state index is 11.2. The van der Waals surface area contributed by atoms with Crippen LogP contribution in [0.25, 0.3) is 0 Å². The lowest BCUT2D eigenvalue weighted by Crippen LogP contribution is -2.32. The van der Waals surface area contributed by atoms with Gasteiger partial charge in [0.15, 0.2) is 6.29 Å². The SMILES string of the molecule is CCCC[C@H](C)C[C@H](COS(C)(=O)=O)OC1CCCCO1. The second-order valence-electron chi connectivity index (χ2n) is 6.03. The topological polar surface area (TPSA) is 61.8 Å². The van der Waals surface area contributed by atoms with Crippen molar-refractivity contribution in [3.63, 3.8) is 0 Å². The quantitative estimate of drug-likeness (QED) is 0.578. The summed E-state index contributed by atoms with van der Waals surface area (Å²) in [5.74, 6) is 0.488. The summed E-state index contributed by atoms with van der Waals surface area (Å²) < 4.78 is 38.8. The Kier molecular flexibility index (Phi) is 8.78. The molecule has 1 aliphatic heterocycles. The van der Waals surface area contributed by atoms with Gasteiger partial charge in [-0.05, 0) is 31.6 Å². The van der Waals surface area contributed by atoms with Crippen LogP contribution in [0.15, 0.2) is 0 Å². The molecule has 0 spiro atoms. The van der Waals surface area contributed by atoms with Gasteiger partial charge in [-0.1, -0.05) is 33.1 Å². The van der Waals surface area contributed by atoms with Crippen LogP contribution in [-0.2, 0) is 23.8 Å². The van der Waals surface area contributed by atoms with E-state index in [1.165, 1.54) is 12.8 Å². The zero-order valence-electron chi connectivity index (χ0n) is 13.5. The average molecular weight is 322 g/mol. The Morgan fingerprint density at radius 1 is 1.33 bits per heavy atom. The highest BCUT2D eigenvalue weighted by molar-refractivity contribution is 7.85. The molecule has 5 nitrogen and oxygen atoms in total. The summed E-state index contributed by atoms with van der Waals surface area (Å²) in [7, 11) is -3.43. The zero-order chi connectivity index (χ0) is 15.7. The molecular weight excluding hydrogens is 292 g/mol. The van der Waals surface area contributed by atoms with Crippen molar-refractivity contribution < 1.29 is 22.1 Å². The maximum atomic E-state index is 11.2. The molecule has 21 heavy (non-hydrogen) atoms. The third-order valence-corrected chi connectivity index (χ3v) is 4.23. The number of rotatable bonds is 10. The Morgan fingerprint density at radius 2 is 2.10 bits per heavy atom. The van der Waals surface area contributed by atoms with E-state index < -0.39 is 10.1 Å². The van der Waals surface area contributed by atoms with Gasteiger partial charge in [0, 0.05) is 6.61 Å². The fourth-order valence-electron chi connectivity index (χ4n) is 2.51. The normalized spacial score (nSPS) is 22.9. The molecular formula is C15H30O5S. The Morgan fingerprint density at radius 3 is 2.67 bits per heavy atom. The number of hydrogen-bond acceptors (Lipinski definition) is 5. The van der Waals surface area contributed by atoms with E-state index in [1.807, 2.05) is 0 Å². The van der Waals surface area contributed by atoms with Gasteiger partial charge in [-0.15, -0.1) is 0 Å². The first-order valence-corrected chi connectivity index (χ1v) is 9.83. The molecule has 6 heteroatoms. The first kappa shape index (κ1) is 18.9. The number of ether oxygens (including phenoxy) is 2. The van der Waals surface area contributed by atoms with E-state index in [2.05, 4.69) is 13.8 Å². The fraction of sp³-hybridized carbons (Fsp3) is 1.00. The summed E-state index contributed by atoms with van der Waals surface area (Å²) in [4.78, 5) is 0. The highest BCUT2D eigenvalue weighted by Gasteiger charge is 2.23. The van der Waals surface area contributed by atoms with Crippen LogP contribution in [0.2, 0.25) is 0 Å². The molecule has 126 valence electrons. The summed E-state index contributed by atoms with van der Waals surface area (Å²) in [5, 5.41) is 0. The molecule has 0 aromatic rings.